The van der Waals surface area contributed by atoms with Gasteiger partial charge in [-0.15, -0.1) is 0 Å². The molecule has 0 fully saturated rings. The van der Waals surface area contributed by atoms with Crippen LogP contribution in [0.5, 0.6) is 11.5 Å². The number of carbonyl (C=O) groups is 1. The Kier molecular flexibility index (Phi) is 3.82. The molecule has 0 saturated carbocycles. The van der Waals surface area contributed by atoms with Crippen molar-refractivity contribution in [1.82, 2.24) is 0 Å². The summed E-state index contributed by atoms with van der Waals surface area (Å²) in [5, 5.41) is 9.11. The number of para-hydroxylation sites is 1. The fourth-order valence-electron chi connectivity index (χ4n) is 1.80. The molecule has 0 bridgehead atoms. The maximum Gasteiger partial charge on any atom is 0.252 e. The third-order valence-electron chi connectivity index (χ3n) is 2.86. The summed E-state index contributed by atoms with van der Waals surface area (Å²) in [7, 11) is 0. The highest BCUT2D eigenvalue weighted by atomic mass is 16.5. The van der Waals surface area contributed by atoms with Crippen molar-refractivity contribution in [1.29, 1.82) is 0 Å². The van der Waals surface area contributed by atoms with Crippen LogP contribution in [-0.4, -0.2) is 11.0 Å². The van der Waals surface area contributed by atoms with Gasteiger partial charge < -0.3 is 15.6 Å². The van der Waals surface area contributed by atoms with Gasteiger partial charge in [0.2, 0.25) is 0 Å². The third kappa shape index (κ3) is 2.92. The van der Waals surface area contributed by atoms with Gasteiger partial charge in [0, 0.05) is 0 Å². The lowest BCUT2D eigenvalue weighted by atomic mass is 10.1. The first-order valence-corrected chi connectivity index (χ1v) is 5.89. The van der Waals surface area contributed by atoms with E-state index in [-0.39, 0.29) is 6.61 Å². The number of aryl methyl sites for hydroxylation is 1. The maximum atomic E-state index is 11.3. The number of rotatable bonds is 4. The molecule has 0 radical (unpaired) electrons. The summed E-state index contributed by atoms with van der Waals surface area (Å²) in [6.07, 6.45) is 0. The largest absolute Gasteiger partial charge is 0.457 e. The van der Waals surface area contributed by atoms with Gasteiger partial charge in [0.25, 0.3) is 5.91 Å². The number of carbonyl (C=O) groups excluding carboxylic acids is 1. The summed E-state index contributed by atoms with van der Waals surface area (Å²) >= 11 is 0. The molecule has 2 rings (SSSR count). The molecule has 0 spiro atoms. The van der Waals surface area contributed by atoms with Gasteiger partial charge in [-0.25, -0.2) is 0 Å². The molecule has 0 saturated heterocycles. The molecule has 2 aromatic rings. The van der Waals surface area contributed by atoms with Crippen molar-refractivity contribution in [2.45, 2.75) is 13.5 Å². The molecule has 0 aliphatic heterocycles. The predicted octanol–water partition coefficient (Wildman–Crippen LogP) is 2.38. The molecule has 2 aromatic carbocycles. The number of ether oxygens (including phenoxy) is 1. The maximum absolute atomic E-state index is 11.3. The number of aliphatic hydroxyl groups excluding tert-OH is 1. The molecule has 0 aromatic heterocycles. The zero-order chi connectivity index (χ0) is 13.8. The highest BCUT2D eigenvalue weighted by Crippen LogP contribution is 2.26. The van der Waals surface area contributed by atoms with Gasteiger partial charge >= 0.3 is 0 Å². The van der Waals surface area contributed by atoms with Gasteiger partial charge in [-0.2, -0.15) is 0 Å². The Morgan fingerprint density at radius 2 is 2.00 bits per heavy atom. The van der Waals surface area contributed by atoms with Crippen molar-refractivity contribution >= 4 is 5.91 Å². The van der Waals surface area contributed by atoms with Gasteiger partial charge in [-0.3, -0.25) is 4.79 Å². The van der Waals surface area contributed by atoms with E-state index in [1.54, 1.807) is 36.4 Å². The van der Waals surface area contributed by atoms with Crippen molar-refractivity contribution in [3.63, 3.8) is 0 Å². The van der Waals surface area contributed by atoms with E-state index in [1.165, 1.54) is 0 Å². The van der Waals surface area contributed by atoms with Crippen LogP contribution < -0.4 is 10.5 Å². The number of nitrogens with two attached hydrogens (primary N) is 1. The van der Waals surface area contributed by atoms with Gasteiger partial charge in [-0.05, 0) is 42.3 Å². The zero-order valence-electron chi connectivity index (χ0n) is 10.6. The summed E-state index contributed by atoms with van der Waals surface area (Å²) < 4.78 is 5.67. The highest BCUT2D eigenvalue weighted by Gasteiger charge is 2.09. The van der Waals surface area contributed by atoms with Crippen LogP contribution in [0, 0.1) is 6.92 Å². The van der Waals surface area contributed by atoms with Crippen LogP contribution in [0.2, 0.25) is 0 Å². The van der Waals surface area contributed by atoms with E-state index < -0.39 is 5.91 Å². The summed E-state index contributed by atoms with van der Waals surface area (Å²) in [4.78, 5) is 11.3. The Morgan fingerprint density at radius 1 is 1.26 bits per heavy atom. The molecule has 0 atom stereocenters. The topological polar surface area (TPSA) is 72.5 Å². The molecule has 3 N–H and O–H groups in total. The predicted molar refractivity (Wildman–Crippen MR) is 72.1 cm³/mol. The second-order valence-electron chi connectivity index (χ2n) is 4.21. The molecule has 19 heavy (non-hydrogen) atoms. The van der Waals surface area contributed by atoms with E-state index in [0.29, 0.717) is 17.1 Å². The van der Waals surface area contributed by atoms with Gasteiger partial charge in [0.1, 0.15) is 11.5 Å². The van der Waals surface area contributed by atoms with E-state index in [2.05, 4.69) is 0 Å². The highest BCUT2D eigenvalue weighted by molar-refractivity contribution is 5.95. The number of amides is 1. The number of primary amides is 1. The minimum atomic E-state index is -0.528. The fraction of sp³-hybridized carbons (Fsp3) is 0.133. The second-order valence-corrected chi connectivity index (χ2v) is 4.21. The second kappa shape index (κ2) is 5.54. The molecule has 0 aliphatic rings. The van der Waals surface area contributed by atoms with Crippen molar-refractivity contribution in [2.24, 2.45) is 5.73 Å². The van der Waals surface area contributed by atoms with Crippen LogP contribution in [0.3, 0.4) is 0 Å². The number of aliphatic hydroxyl groups is 1. The van der Waals surface area contributed by atoms with E-state index in [9.17, 15) is 4.79 Å². The first-order chi connectivity index (χ1) is 9.11. The molecular weight excluding hydrogens is 242 g/mol. The average Bonchev–Trinajstić information content (AvgIpc) is 2.39. The van der Waals surface area contributed by atoms with Gasteiger partial charge in [0.05, 0.1) is 12.2 Å². The number of benzene rings is 2. The molecule has 4 heteroatoms. The number of hydrogen-bond acceptors (Lipinski definition) is 3. The van der Waals surface area contributed by atoms with Crippen molar-refractivity contribution in [3.8, 4) is 11.5 Å². The fourth-order valence-corrected chi connectivity index (χ4v) is 1.80. The summed E-state index contributed by atoms with van der Waals surface area (Å²) in [5.74, 6) is 0.494. The Labute approximate surface area is 111 Å². The standard InChI is InChI=1S/C15H15NO3/c1-10-8-12(7-6-11(10)9-17)19-14-5-3-2-4-13(14)15(16)18/h2-8,17H,9H2,1H3,(H2,16,18). The summed E-state index contributed by atoms with van der Waals surface area (Å²) in [6, 6.07) is 12.2. The quantitative estimate of drug-likeness (QED) is 0.883. The summed E-state index contributed by atoms with van der Waals surface area (Å²) in [5.41, 5.74) is 7.40. The molecular formula is C15H15NO3. The van der Waals surface area contributed by atoms with Crippen LogP contribution in [-0.2, 0) is 6.61 Å². The first kappa shape index (κ1) is 13.1. The smallest absolute Gasteiger partial charge is 0.252 e. The Morgan fingerprint density at radius 3 is 2.63 bits per heavy atom. The Balaban J connectivity index is 2.31. The molecule has 0 aliphatic carbocycles. The summed E-state index contributed by atoms with van der Waals surface area (Å²) in [6.45, 7) is 1.88. The van der Waals surface area contributed by atoms with Crippen molar-refractivity contribution in [2.75, 3.05) is 0 Å². The van der Waals surface area contributed by atoms with E-state index in [4.69, 9.17) is 15.6 Å². The van der Waals surface area contributed by atoms with Gasteiger partial charge in [-0.1, -0.05) is 18.2 Å². The van der Waals surface area contributed by atoms with Crippen LogP contribution >= 0.6 is 0 Å². The van der Waals surface area contributed by atoms with Crippen LogP contribution in [0.1, 0.15) is 21.5 Å². The van der Waals surface area contributed by atoms with Crippen molar-refractivity contribution in [3.05, 3.63) is 59.2 Å². The minimum Gasteiger partial charge on any atom is -0.457 e. The molecule has 4 nitrogen and oxygen atoms in total. The van der Waals surface area contributed by atoms with Gasteiger partial charge in [0.15, 0.2) is 0 Å². The lowest BCUT2D eigenvalue weighted by Gasteiger charge is -2.10. The van der Waals surface area contributed by atoms with Crippen molar-refractivity contribution < 1.29 is 14.6 Å². The first-order valence-electron chi connectivity index (χ1n) is 5.89. The normalized spacial score (nSPS) is 10.2. The van der Waals surface area contributed by atoms with E-state index in [0.717, 1.165) is 11.1 Å². The Hall–Kier alpha value is -2.33. The molecule has 0 unspecified atom stereocenters. The van der Waals surface area contributed by atoms with E-state index in [1.807, 2.05) is 13.0 Å². The number of hydrogen-bond donors (Lipinski definition) is 2. The third-order valence-corrected chi connectivity index (χ3v) is 2.86. The molecule has 98 valence electrons. The Bertz CT molecular complexity index is 608. The SMILES string of the molecule is Cc1cc(Oc2ccccc2C(N)=O)ccc1CO. The average molecular weight is 257 g/mol. The monoisotopic (exact) mass is 257 g/mol. The minimum absolute atomic E-state index is 0.00993. The van der Waals surface area contributed by atoms with Crippen LogP contribution in [0.15, 0.2) is 42.5 Å². The molecule has 1 amide bonds. The molecule has 0 heterocycles. The van der Waals surface area contributed by atoms with Crippen LogP contribution in [0.25, 0.3) is 0 Å². The lowest BCUT2D eigenvalue weighted by Crippen LogP contribution is -2.12. The van der Waals surface area contributed by atoms with Crippen LogP contribution in [0.4, 0.5) is 0 Å². The lowest BCUT2D eigenvalue weighted by molar-refractivity contribution is 0.0998. The zero-order valence-corrected chi connectivity index (χ0v) is 10.6. The van der Waals surface area contributed by atoms with E-state index >= 15 is 0 Å².